The Morgan fingerprint density at radius 2 is 1.75 bits per heavy atom. The van der Waals surface area contributed by atoms with Crippen molar-refractivity contribution in [3.05, 3.63) is 58.9 Å². The number of amides is 2. The van der Waals surface area contributed by atoms with Gasteiger partial charge in [-0.1, -0.05) is 12.1 Å². The number of rotatable bonds is 4. The molecule has 2 amide bonds. The summed E-state index contributed by atoms with van der Waals surface area (Å²) >= 11 is 0. The summed E-state index contributed by atoms with van der Waals surface area (Å²) in [7, 11) is -4.18. The molecule has 1 aliphatic rings. The molecule has 6 nitrogen and oxygen atoms in total. The van der Waals surface area contributed by atoms with E-state index in [0.717, 1.165) is 17.2 Å². The van der Waals surface area contributed by atoms with Crippen LogP contribution in [0.5, 0.6) is 0 Å². The average Bonchev–Trinajstić information content (AvgIpc) is 3.03. The lowest BCUT2D eigenvalue weighted by Gasteiger charge is -2.24. The first kappa shape index (κ1) is 20.0. The first-order chi connectivity index (χ1) is 13.1. The maximum atomic E-state index is 13.7. The molecule has 0 aliphatic carbocycles. The number of nitrogens with one attached hydrogen (secondary N) is 1. The van der Waals surface area contributed by atoms with Crippen molar-refractivity contribution in [3.8, 4) is 0 Å². The van der Waals surface area contributed by atoms with Gasteiger partial charge in [-0.05, 0) is 68.1 Å². The van der Waals surface area contributed by atoms with Gasteiger partial charge in [-0.2, -0.15) is 0 Å². The lowest BCUT2D eigenvalue weighted by Crippen LogP contribution is -2.45. The largest absolute Gasteiger partial charge is 0.324 e. The number of anilines is 1. The van der Waals surface area contributed by atoms with Gasteiger partial charge in [0.25, 0.3) is 10.0 Å². The van der Waals surface area contributed by atoms with E-state index in [1.165, 1.54) is 24.3 Å². The summed E-state index contributed by atoms with van der Waals surface area (Å²) in [5.41, 5.74) is 2.32. The van der Waals surface area contributed by atoms with Crippen molar-refractivity contribution < 1.29 is 22.4 Å². The summed E-state index contributed by atoms with van der Waals surface area (Å²) < 4.78 is 40.4. The highest BCUT2D eigenvalue weighted by Crippen LogP contribution is 2.29. The van der Waals surface area contributed by atoms with E-state index in [1.54, 1.807) is 19.9 Å². The van der Waals surface area contributed by atoms with Crippen LogP contribution in [0.3, 0.4) is 0 Å². The minimum atomic E-state index is -4.18. The van der Waals surface area contributed by atoms with Crippen molar-refractivity contribution in [2.45, 2.75) is 44.6 Å². The van der Waals surface area contributed by atoms with E-state index in [-0.39, 0.29) is 23.4 Å². The van der Waals surface area contributed by atoms with Crippen LogP contribution >= 0.6 is 0 Å². The van der Waals surface area contributed by atoms with Gasteiger partial charge in [0.05, 0.1) is 4.90 Å². The van der Waals surface area contributed by atoms with Gasteiger partial charge < -0.3 is 5.32 Å². The molecule has 28 heavy (non-hydrogen) atoms. The Hall–Kier alpha value is -2.74. The summed E-state index contributed by atoms with van der Waals surface area (Å²) in [5, 5.41) is 2.51. The maximum absolute atomic E-state index is 13.7. The molecule has 1 aliphatic heterocycles. The number of aryl methyl sites for hydroxylation is 3. The predicted octanol–water partition coefficient (Wildman–Crippen LogP) is 3.07. The quantitative estimate of drug-likeness (QED) is 0.849. The van der Waals surface area contributed by atoms with Crippen LogP contribution in [-0.2, 0) is 19.6 Å². The molecule has 0 bridgehead atoms. The summed E-state index contributed by atoms with van der Waals surface area (Å²) in [5.74, 6) is -1.78. The number of benzene rings is 2. The minimum absolute atomic E-state index is 0.0370. The molecular weight excluding hydrogens is 383 g/mol. The summed E-state index contributed by atoms with van der Waals surface area (Å²) in [6.45, 7) is 5.22. The third-order valence-corrected chi connectivity index (χ3v) is 6.76. The Morgan fingerprint density at radius 1 is 1.07 bits per heavy atom. The van der Waals surface area contributed by atoms with Crippen molar-refractivity contribution in [2.75, 3.05) is 5.32 Å². The van der Waals surface area contributed by atoms with Crippen LogP contribution in [0.25, 0.3) is 0 Å². The monoisotopic (exact) mass is 404 g/mol. The number of halogens is 1. The van der Waals surface area contributed by atoms with Gasteiger partial charge in [-0.25, -0.2) is 17.1 Å². The van der Waals surface area contributed by atoms with Crippen LogP contribution in [0.4, 0.5) is 10.1 Å². The molecule has 0 spiro atoms. The molecule has 1 atom stereocenters. The molecule has 1 N–H and O–H groups in total. The maximum Gasteiger partial charge on any atom is 0.267 e. The molecule has 0 aromatic heterocycles. The zero-order valence-corrected chi connectivity index (χ0v) is 16.6. The van der Waals surface area contributed by atoms with Gasteiger partial charge in [0.1, 0.15) is 11.9 Å². The molecule has 1 heterocycles. The number of carbonyl (C=O) groups excluding carboxylic acids is 2. The third-order valence-electron chi connectivity index (χ3n) is 4.94. The lowest BCUT2D eigenvalue weighted by atomic mass is 10.1. The van der Waals surface area contributed by atoms with Gasteiger partial charge in [0.15, 0.2) is 0 Å². The van der Waals surface area contributed by atoms with Crippen molar-refractivity contribution in [2.24, 2.45) is 0 Å². The van der Waals surface area contributed by atoms with Crippen molar-refractivity contribution >= 4 is 27.5 Å². The summed E-state index contributed by atoms with van der Waals surface area (Å²) in [6.07, 6.45) is 0.0213. The minimum Gasteiger partial charge on any atom is -0.324 e. The second-order valence-corrected chi connectivity index (χ2v) is 8.76. The van der Waals surface area contributed by atoms with Crippen LogP contribution in [0.15, 0.2) is 41.3 Å². The van der Waals surface area contributed by atoms with Gasteiger partial charge in [0, 0.05) is 12.1 Å². The molecule has 3 rings (SSSR count). The molecular formula is C20H21FN2O4S. The molecule has 8 heteroatoms. The second kappa shape index (κ2) is 7.35. The third kappa shape index (κ3) is 3.64. The van der Waals surface area contributed by atoms with Gasteiger partial charge in [-0.15, -0.1) is 0 Å². The molecule has 1 saturated heterocycles. The van der Waals surface area contributed by atoms with E-state index >= 15 is 0 Å². The Balaban J connectivity index is 1.90. The highest BCUT2D eigenvalue weighted by Gasteiger charge is 2.44. The Labute approximate surface area is 163 Å². The number of sulfonamides is 1. The highest BCUT2D eigenvalue weighted by atomic mass is 32.2. The second-order valence-electron chi connectivity index (χ2n) is 6.95. The molecule has 148 valence electrons. The molecule has 0 saturated carbocycles. The van der Waals surface area contributed by atoms with E-state index < -0.39 is 33.7 Å². The van der Waals surface area contributed by atoms with Gasteiger partial charge in [0.2, 0.25) is 11.8 Å². The van der Waals surface area contributed by atoms with Gasteiger partial charge in [-0.3, -0.25) is 9.59 Å². The molecule has 2 aromatic carbocycles. The van der Waals surface area contributed by atoms with E-state index in [1.807, 2.05) is 6.92 Å². The smallest absolute Gasteiger partial charge is 0.267 e. The van der Waals surface area contributed by atoms with Crippen LogP contribution < -0.4 is 5.32 Å². The molecule has 0 radical (unpaired) electrons. The van der Waals surface area contributed by atoms with Crippen LogP contribution in [0.1, 0.15) is 29.5 Å². The first-order valence-corrected chi connectivity index (χ1v) is 10.3. The van der Waals surface area contributed by atoms with E-state index in [9.17, 15) is 22.4 Å². The zero-order chi connectivity index (χ0) is 20.6. The van der Waals surface area contributed by atoms with Crippen LogP contribution in [0, 0.1) is 26.6 Å². The number of hydrogen-bond acceptors (Lipinski definition) is 4. The fourth-order valence-electron chi connectivity index (χ4n) is 3.08. The number of carbonyl (C=O) groups is 2. The topological polar surface area (TPSA) is 83.6 Å². The normalized spacial score (nSPS) is 17.1. The van der Waals surface area contributed by atoms with E-state index in [4.69, 9.17) is 0 Å². The standard InChI is InChI=1S/C20H21FN2O4S/c1-12-5-7-16(10-14(12)3)28(26,27)23-18(8-9-19(23)24)20(25)22-15-6-4-13(2)17(21)11-15/h4-7,10-11,18H,8-9H2,1-3H3,(H,22,25). The van der Waals surface area contributed by atoms with Crippen molar-refractivity contribution in [1.29, 1.82) is 0 Å². The van der Waals surface area contributed by atoms with E-state index in [2.05, 4.69) is 5.32 Å². The summed E-state index contributed by atoms with van der Waals surface area (Å²) in [6, 6.07) is 7.58. The Bertz CT molecular complexity index is 1070. The first-order valence-electron chi connectivity index (χ1n) is 8.83. The lowest BCUT2D eigenvalue weighted by molar-refractivity contribution is -0.128. The highest BCUT2D eigenvalue weighted by molar-refractivity contribution is 7.89. The molecule has 1 fully saturated rings. The molecule has 2 aromatic rings. The number of nitrogens with zero attached hydrogens (tertiary/aromatic N) is 1. The zero-order valence-electron chi connectivity index (χ0n) is 15.8. The fourth-order valence-corrected chi connectivity index (χ4v) is 4.77. The number of hydrogen-bond donors (Lipinski definition) is 1. The summed E-state index contributed by atoms with van der Waals surface area (Å²) in [4.78, 5) is 25.0. The Kier molecular flexibility index (Phi) is 5.25. The fraction of sp³-hybridized carbons (Fsp3) is 0.300. The predicted molar refractivity (Wildman–Crippen MR) is 103 cm³/mol. The van der Waals surface area contributed by atoms with E-state index in [0.29, 0.717) is 9.87 Å². The van der Waals surface area contributed by atoms with Crippen molar-refractivity contribution in [3.63, 3.8) is 0 Å². The van der Waals surface area contributed by atoms with Gasteiger partial charge >= 0.3 is 0 Å². The SMILES string of the molecule is Cc1ccc(S(=O)(=O)N2C(=O)CCC2C(=O)Nc2ccc(C)c(F)c2)cc1C. The Morgan fingerprint density at radius 3 is 2.39 bits per heavy atom. The average molecular weight is 404 g/mol. The molecule has 1 unspecified atom stereocenters. The van der Waals surface area contributed by atoms with Crippen LogP contribution in [0.2, 0.25) is 0 Å². The van der Waals surface area contributed by atoms with Crippen LogP contribution in [-0.4, -0.2) is 30.6 Å². The van der Waals surface area contributed by atoms with Crippen molar-refractivity contribution in [1.82, 2.24) is 4.31 Å².